The second-order valence-electron chi connectivity index (χ2n) is 5.51. The predicted octanol–water partition coefficient (Wildman–Crippen LogP) is 4.14. The van der Waals surface area contributed by atoms with Crippen LogP contribution in [0.3, 0.4) is 0 Å². The average molecular weight is 306 g/mol. The Bertz CT molecular complexity index is 663. The molecule has 110 valence electrons. The largest absolute Gasteiger partial charge is 0.481 e. The molecule has 3 rings (SSSR count). The highest BCUT2D eigenvalue weighted by molar-refractivity contribution is 6.30. The molecule has 1 N–H and O–H groups in total. The van der Waals surface area contributed by atoms with Gasteiger partial charge in [0, 0.05) is 22.1 Å². The smallest absolute Gasteiger partial charge is 0.307 e. The summed E-state index contributed by atoms with van der Waals surface area (Å²) in [6, 6.07) is 7.45. The fourth-order valence-electron chi connectivity index (χ4n) is 3.02. The normalized spacial score (nSPS) is 21.6. The number of hydrogen-bond acceptors (Lipinski definition) is 3. The van der Waals surface area contributed by atoms with Crippen LogP contribution in [0.4, 0.5) is 0 Å². The lowest BCUT2D eigenvalue weighted by molar-refractivity contribution is -0.142. The zero-order valence-corrected chi connectivity index (χ0v) is 12.4. The van der Waals surface area contributed by atoms with E-state index in [4.69, 9.17) is 16.1 Å². The molecule has 0 unspecified atom stereocenters. The molecule has 21 heavy (non-hydrogen) atoms. The van der Waals surface area contributed by atoms with E-state index < -0.39 is 11.9 Å². The number of carboxylic acid groups (broad SMARTS) is 1. The lowest BCUT2D eigenvalue weighted by atomic mass is 9.89. The van der Waals surface area contributed by atoms with Crippen LogP contribution in [0.2, 0.25) is 5.02 Å². The third-order valence-corrected chi connectivity index (χ3v) is 4.46. The van der Waals surface area contributed by atoms with E-state index in [1.807, 2.05) is 31.2 Å². The zero-order valence-electron chi connectivity index (χ0n) is 11.7. The minimum Gasteiger partial charge on any atom is -0.481 e. The van der Waals surface area contributed by atoms with Crippen molar-refractivity contribution in [1.82, 2.24) is 5.16 Å². The standard InChI is InChI=1S/C16H16ClNO3/c1-9-12(16(19)20)3-2-4-13-14(18-21-15(9)13)10-5-7-11(17)8-6-10/h5-9,12H,2-4H2,1H3,(H,19,20)/t9-,12+/m0/s1. The molecule has 1 aliphatic carbocycles. The summed E-state index contributed by atoms with van der Waals surface area (Å²) in [4.78, 5) is 11.4. The average Bonchev–Trinajstić information content (AvgIpc) is 2.80. The van der Waals surface area contributed by atoms with Gasteiger partial charge in [-0.1, -0.05) is 35.8 Å². The Labute approximate surface area is 127 Å². The molecule has 0 amide bonds. The highest BCUT2D eigenvalue weighted by Crippen LogP contribution is 2.39. The number of hydrogen-bond donors (Lipinski definition) is 1. The summed E-state index contributed by atoms with van der Waals surface area (Å²) in [5, 5.41) is 14.2. The minimum atomic E-state index is -0.764. The van der Waals surface area contributed by atoms with Gasteiger partial charge in [-0.2, -0.15) is 0 Å². The van der Waals surface area contributed by atoms with Gasteiger partial charge in [0.25, 0.3) is 0 Å². The molecule has 5 heteroatoms. The van der Waals surface area contributed by atoms with Crippen LogP contribution in [0.25, 0.3) is 11.3 Å². The Morgan fingerprint density at radius 2 is 2.10 bits per heavy atom. The van der Waals surface area contributed by atoms with E-state index in [2.05, 4.69) is 5.16 Å². The third kappa shape index (κ3) is 2.56. The number of carbonyl (C=O) groups is 1. The maximum atomic E-state index is 11.4. The number of benzene rings is 1. The third-order valence-electron chi connectivity index (χ3n) is 4.21. The SMILES string of the molecule is C[C@@H]1c2onc(-c3ccc(Cl)cc3)c2CCC[C@H]1C(=O)O. The van der Waals surface area contributed by atoms with Gasteiger partial charge in [-0.25, -0.2) is 0 Å². The first-order valence-electron chi connectivity index (χ1n) is 7.05. The summed E-state index contributed by atoms with van der Waals surface area (Å²) in [6.45, 7) is 1.90. The van der Waals surface area contributed by atoms with Crippen molar-refractivity contribution in [1.29, 1.82) is 0 Å². The molecule has 1 heterocycles. The lowest BCUT2D eigenvalue weighted by Gasteiger charge is -2.14. The lowest BCUT2D eigenvalue weighted by Crippen LogP contribution is -2.19. The first kappa shape index (κ1) is 14.1. The summed E-state index contributed by atoms with van der Waals surface area (Å²) in [6.07, 6.45) is 2.29. The molecule has 0 bridgehead atoms. The van der Waals surface area contributed by atoms with Crippen molar-refractivity contribution in [3.63, 3.8) is 0 Å². The maximum Gasteiger partial charge on any atom is 0.307 e. The quantitative estimate of drug-likeness (QED) is 0.847. The number of halogens is 1. The molecule has 0 fully saturated rings. The van der Waals surface area contributed by atoms with E-state index in [0.717, 1.165) is 29.7 Å². The molecule has 0 aliphatic heterocycles. The van der Waals surface area contributed by atoms with Crippen LogP contribution in [0.1, 0.15) is 37.0 Å². The monoisotopic (exact) mass is 305 g/mol. The minimum absolute atomic E-state index is 0.159. The van der Waals surface area contributed by atoms with Crippen molar-refractivity contribution in [3.8, 4) is 11.3 Å². The Hall–Kier alpha value is -1.81. The molecular formula is C16H16ClNO3. The molecule has 1 aromatic heterocycles. The molecule has 1 aliphatic rings. The number of fused-ring (bicyclic) bond motifs is 1. The summed E-state index contributed by atoms with van der Waals surface area (Å²) in [5.74, 6) is -0.615. The molecule has 2 aromatic rings. The molecule has 1 aromatic carbocycles. The highest BCUT2D eigenvalue weighted by Gasteiger charge is 2.34. The molecule has 0 spiro atoms. The number of aromatic nitrogens is 1. The molecule has 0 saturated heterocycles. The molecular weight excluding hydrogens is 290 g/mol. The second kappa shape index (κ2) is 5.53. The van der Waals surface area contributed by atoms with Gasteiger partial charge in [0.1, 0.15) is 11.5 Å². The van der Waals surface area contributed by atoms with E-state index in [0.29, 0.717) is 17.2 Å². The van der Waals surface area contributed by atoms with Gasteiger partial charge < -0.3 is 9.63 Å². The topological polar surface area (TPSA) is 63.3 Å². The Morgan fingerprint density at radius 1 is 1.38 bits per heavy atom. The van der Waals surface area contributed by atoms with E-state index in [1.54, 1.807) is 0 Å². The van der Waals surface area contributed by atoms with Crippen molar-refractivity contribution in [2.24, 2.45) is 5.92 Å². The first-order chi connectivity index (χ1) is 10.1. The van der Waals surface area contributed by atoms with Crippen molar-refractivity contribution in [2.75, 3.05) is 0 Å². The number of rotatable bonds is 2. The van der Waals surface area contributed by atoms with Gasteiger partial charge in [-0.15, -0.1) is 0 Å². The van der Waals surface area contributed by atoms with Crippen molar-refractivity contribution < 1.29 is 14.4 Å². The predicted molar refractivity (Wildman–Crippen MR) is 79.4 cm³/mol. The van der Waals surface area contributed by atoms with E-state index in [1.165, 1.54) is 0 Å². The first-order valence-corrected chi connectivity index (χ1v) is 7.43. The van der Waals surface area contributed by atoms with Crippen molar-refractivity contribution in [3.05, 3.63) is 40.6 Å². The van der Waals surface area contributed by atoms with Crippen molar-refractivity contribution >= 4 is 17.6 Å². The van der Waals surface area contributed by atoms with Crippen LogP contribution in [-0.2, 0) is 11.2 Å². The van der Waals surface area contributed by atoms with E-state index in [9.17, 15) is 9.90 Å². The highest BCUT2D eigenvalue weighted by atomic mass is 35.5. The Balaban J connectivity index is 2.03. The van der Waals surface area contributed by atoms with Crippen molar-refractivity contribution in [2.45, 2.75) is 32.1 Å². The number of carboxylic acids is 1. The molecule has 4 nitrogen and oxygen atoms in total. The summed E-state index contributed by atoms with van der Waals surface area (Å²) in [5.41, 5.74) is 2.79. The Morgan fingerprint density at radius 3 is 2.76 bits per heavy atom. The van der Waals surface area contributed by atoms with Crippen LogP contribution < -0.4 is 0 Å². The van der Waals surface area contributed by atoms with Gasteiger partial charge in [0.15, 0.2) is 0 Å². The van der Waals surface area contributed by atoms with Crippen LogP contribution in [0.15, 0.2) is 28.8 Å². The van der Waals surface area contributed by atoms with Crippen LogP contribution in [0, 0.1) is 5.92 Å². The fourth-order valence-corrected chi connectivity index (χ4v) is 3.15. The summed E-state index contributed by atoms with van der Waals surface area (Å²) < 4.78 is 5.50. The maximum absolute atomic E-state index is 11.4. The fraction of sp³-hybridized carbons (Fsp3) is 0.375. The molecule has 0 radical (unpaired) electrons. The Kier molecular flexibility index (Phi) is 3.72. The van der Waals surface area contributed by atoms with Gasteiger partial charge >= 0.3 is 5.97 Å². The summed E-state index contributed by atoms with van der Waals surface area (Å²) >= 11 is 5.91. The van der Waals surface area contributed by atoms with Crippen LogP contribution >= 0.6 is 11.6 Å². The summed E-state index contributed by atoms with van der Waals surface area (Å²) in [7, 11) is 0. The number of aliphatic carboxylic acids is 1. The van der Waals surface area contributed by atoms with Gasteiger partial charge in [-0.3, -0.25) is 4.79 Å². The van der Waals surface area contributed by atoms with E-state index in [-0.39, 0.29) is 5.92 Å². The molecule has 2 atom stereocenters. The number of nitrogens with zero attached hydrogens (tertiary/aromatic N) is 1. The van der Waals surface area contributed by atoms with Gasteiger partial charge in [0.2, 0.25) is 0 Å². The second-order valence-corrected chi connectivity index (χ2v) is 5.94. The van der Waals surface area contributed by atoms with Gasteiger partial charge in [0.05, 0.1) is 5.92 Å². The zero-order chi connectivity index (χ0) is 15.0. The van der Waals surface area contributed by atoms with Gasteiger partial charge in [-0.05, 0) is 31.4 Å². The molecule has 0 saturated carbocycles. The van der Waals surface area contributed by atoms with Crippen LogP contribution in [-0.4, -0.2) is 16.2 Å². The van der Waals surface area contributed by atoms with E-state index >= 15 is 0 Å². The van der Waals surface area contributed by atoms with Crippen LogP contribution in [0.5, 0.6) is 0 Å².